The lowest BCUT2D eigenvalue weighted by atomic mass is 10.1. The molecule has 4 rings (SSSR count). The van der Waals surface area contributed by atoms with E-state index in [4.69, 9.17) is 14.2 Å². The summed E-state index contributed by atoms with van der Waals surface area (Å²) in [4.78, 5) is 52.0. The molecule has 0 bridgehead atoms. The molecule has 0 radical (unpaired) electrons. The molecular weight excluding hydrogens is 452 g/mol. The summed E-state index contributed by atoms with van der Waals surface area (Å²) in [6.07, 6.45) is 0. The highest BCUT2D eigenvalue weighted by Gasteiger charge is 2.35. The van der Waals surface area contributed by atoms with E-state index in [0.29, 0.717) is 22.4 Å². The minimum atomic E-state index is -0.648. The molecule has 0 spiro atoms. The van der Waals surface area contributed by atoms with Crippen LogP contribution in [0.2, 0.25) is 0 Å². The van der Waals surface area contributed by atoms with Gasteiger partial charge >= 0.3 is 5.97 Å². The summed E-state index contributed by atoms with van der Waals surface area (Å²) in [5.41, 5.74) is 1.73. The molecular formula is C26H22N2O7. The average Bonchev–Trinajstić information content (AvgIpc) is 3.13. The van der Waals surface area contributed by atoms with E-state index >= 15 is 0 Å². The summed E-state index contributed by atoms with van der Waals surface area (Å²) in [5, 5.41) is 2.70. The van der Waals surface area contributed by atoms with Crippen molar-refractivity contribution in [2.24, 2.45) is 0 Å². The van der Waals surface area contributed by atoms with Crippen LogP contribution >= 0.6 is 0 Å². The van der Waals surface area contributed by atoms with Crippen molar-refractivity contribution >= 4 is 29.4 Å². The van der Waals surface area contributed by atoms with Crippen molar-refractivity contribution in [1.29, 1.82) is 0 Å². The predicted molar refractivity (Wildman–Crippen MR) is 126 cm³/mol. The second kappa shape index (κ2) is 9.68. The van der Waals surface area contributed by atoms with Gasteiger partial charge in [0.05, 0.1) is 55.8 Å². The molecule has 1 aliphatic heterocycles. The number of imide groups is 1. The Kier molecular flexibility index (Phi) is 6.50. The fourth-order valence-electron chi connectivity index (χ4n) is 3.82. The van der Waals surface area contributed by atoms with E-state index in [2.05, 4.69) is 5.32 Å². The number of ether oxygens (including phenoxy) is 3. The number of hydrogen-bond donors (Lipinski definition) is 1. The quantitative estimate of drug-likeness (QED) is 0.412. The minimum absolute atomic E-state index is 0.0213. The number of nitrogens with zero attached hydrogens (tertiary/aromatic N) is 1. The molecule has 1 aliphatic rings. The number of methoxy groups -OCH3 is 3. The molecule has 1 heterocycles. The lowest BCUT2D eigenvalue weighted by Crippen LogP contribution is -2.29. The fourth-order valence-corrected chi connectivity index (χ4v) is 3.82. The zero-order valence-corrected chi connectivity index (χ0v) is 19.3. The highest BCUT2D eigenvalue weighted by Crippen LogP contribution is 2.28. The molecule has 1 N–H and O–H groups in total. The number of amides is 3. The zero-order valence-electron chi connectivity index (χ0n) is 19.3. The number of fused-ring (bicyclic) bond motifs is 1. The van der Waals surface area contributed by atoms with Gasteiger partial charge in [0.2, 0.25) is 0 Å². The lowest BCUT2D eigenvalue weighted by molar-refractivity contribution is 0.0598. The van der Waals surface area contributed by atoms with E-state index in [1.165, 1.54) is 33.5 Å². The molecule has 3 amide bonds. The van der Waals surface area contributed by atoms with Crippen molar-refractivity contribution in [3.8, 4) is 11.5 Å². The van der Waals surface area contributed by atoms with Crippen molar-refractivity contribution in [3.05, 3.63) is 88.5 Å². The van der Waals surface area contributed by atoms with E-state index in [1.807, 2.05) is 0 Å². The van der Waals surface area contributed by atoms with Gasteiger partial charge in [-0.3, -0.25) is 19.3 Å². The minimum Gasteiger partial charge on any atom is -0.497 e. The van der Waals surface area contributed by atoms with Gasteiger partial charge in [-0.15, -0.1) is 0 Å². The number of benzene rings is 3. The van der Waals surface area contributed by atoms with Gasteiger partial charge in [0.1, 0.15) is 11.5 Å². The predicted octanol–water partition coefficient (Wildman–Crippen LogP) is 3.54. The lowest BCUT2D eigenvalue weighted by Gasteiger charge is -2.16. The van der Waals surface area contributed by atoms with E-state index < -0.39 is 23.7 Å². The van der Waals surface area contributed by atoms with Crippen LogP contribution in [-0.2, 0) is 11.3 Å². The standard InChI is InChI=1S/C26H22N2O7/c1-33-16-9-10-21(19(13-16)26(32)35-3)27-23(29)20-12-15(8-11-22(20)34-2)14-28-24(30)17-6-4-5-7-18(17)25(28)31/h4-13H,14H2,1-3H3,(H,27,29). The Morgan fingerprint density at radius 3 is 2.11 bits per heavy atom. The zero-order chi connectivity index (χ0) is 25.1. The molecule has 3 aromatic rings. The van der Waals surface area contributed by atoms with Crippen LogP contribution in [0.15, 0.2) is 60.7 Å². The fraction of sp³-hybridized carbons (Fsp3) is 0.154. The van der Waals surface area contributed by atoms with Crippen molar-refractivity contribution in [3.63, 3.8) is 0 Å². The Hall–Kier alpha value is -4.66. The van der Waals surface area contributed by atoms with Crippen LogP contribution in [0.3, 0.4) is 0 Å². The van der Waals surface area contributed by atoms with Gasteiger partial charge in [-0.2, -0.15) is 0 Å². The molecule has 9 heteroatoms. The molecule has 0 aliphatic carbocycles. The summed E-state index contributed by atoms with van der Waals surface area (Å²) in [6, 6.07) is 16.0. The molecule has 9 nitrogen and oxygen atoms in total. The third-order valence-electron chi connectivity index (χ3n) is 5.61. The first-order valence-electron chi connectivity index (χ1n) is 10.6. The summed E-state index contributed by atoms with van der Waals surface area (Å²) < 4.78 is 15.3. The Bertz CT molecular complexity index is 1310. The number of nitrogens with one attached hydrogen (secondary N) is 1. The molecule has 0 atom stereocenters. The largest absolute Gasteiger partial charge is 0.497 e. The number of carbonyl (C=O) groups is 4. The maximum atomic E-state index is 13.2. The third kappa shape index (κ3) is 4.43. The Morgan fingerprint density at radius 2 is 1.51 bits per heavy atom. The Balaban J connectivity index is 1.62. The van der Waals surface area contributed by atoms with Crippen molar-refractivity contribution in [1.82, 2.24) is 4.90 Å². The Morgan fingerprint density at radius 1 is 0.829 bits per heavy atom. The topological polar surface area (TPSA) is 111 Å². The number of anilines is 1. The average molecular weight is 474 g/mol. The van der Waals surface area contributed by atoms with Crippen LogP contribution in [0.5, 0.6) is 11.5 Å². The van der Waals surface area contributed by atoms with Gasteiger partial charge in [-0.1, -0.05) is 18.2 Å². The van der Waals surface area contributed by atoms with Gasteiger partial charge in [0, 0.05) is 0 Å². The van der Waals surface area contributed by atoms with Crippen molar-refractivity contribution < 1.29 is 33.4 Å². The molecule has 3 aromatic carbocycles. The third-order valence-corrected chi connectivity index (χ3v) is 5.61. The molecule has 0 aromatic heterocycles. The number of hydrogen-bond acceptors (Lipinski definition) is 7. The van der Waals surface area contributed by atoms with Crippen LogP contribution in [-0.4, -0.2) is 49.9 Å². The van der Waals surface area contributed by atoms with Crippen molar-refractivity contribution in [2.45, 2.75) is 6.54 Å². The van der Waals surface area contributed by atoms with E-state index in [1.54, 1.807) is 48.5 Å². The highest BCUT2D eigenvalue weighted by molar-refractivity contribution is 6.21. The first-order chi connectivity index (χ1) is 16.9. The molecule has 35 heavy (non-hydrogen) atoms. The number of esters is 1. The van der Waals surface area contributed by atoms with Crippen LogP contribution in [0, 0.1) is 0 Å². The second-order valence-corrected chi connectivity index (χ2v) is 7.63. The highest BCUT2D eigenvalue weighted by atomic mass is 16.5. The maximum Gasteiger partial charge on any atom is 0.340 e. The summed E-state index contributed by atoms with van der Waals surface area (Å²) >= 11 is 0. The number of rotatable bonds is 7. The summed E-state index contributed by atoms with van der Waals surface area (Å²) in [7, 11) is 4.11. The Labute approximate surface area is 201 Å². The summed E-state index contributed by atoms with van der Waals surface area (Å²) in [6.45, 7) is -0.0213. The van der Waals surface area contributed by atoms with Crippen LogP contribution in [0.25, 0.3) is 0 Å². The normalized spacial score (nSPS) is 12.3. The van der Waals surface area contributed by atoms with Gasteiger partial charge in [-0.25, -0.2) is 4.79 Å². The van der Waals surface area contributed by atoms with E-state index in [-0.39, 0.29) is 29.1 Å². The van der Waals surface area contributed by atoms with Gasteiger partial charge in [-0.05, 0) is 48.0 Å². The molecule has 178 valence electrons. The van der Waals surface area contributed by atoms with Crippen molar-refractivity contribution in [2.75, 3.05) is 26.6 Å². The maximum absolute atomic E-state index is 13.2. The molecule has 0 unspecified atom stereocenters. The van der Waals surface area contributed by atoms with Crippen LogP contribution in [0.4, 0.5) is 5.69 Å². The molecule has 0 saturated carbocycles. The first-order valence-corrected chi connectivity index (χ1v) is 10.6. The summed E-state index contributed by atoms with van der Waals surface area (Å²) in [5.74, 6) is -1.29. The SMILES string of the molecule is COC(=O)c1cc(OC)ccc1NC(=O)c1cc(CN2C(=O)c3ccccc3C2=O)ccc1OC. The molecule has 0 saturated heterocycles. The van der Waals surface area contributed by atoms with Gasteiger partial charge in [0.25, 0.3) is 17.7 Å². The monoisotopic (exact) mass is 474 g/mol. The number of carbonyl (C=O) groups excluding carboxylic acids is 4. The van der Waals surface area contributed by atoms with E-state index in [9.17, 15) is 19.2 Å². The van der Waals surface area contributed by atoms with Crippen LogP contribution in [0.1, 0.15) is 47.0 Å². The smallest absolute Gasteiger partial charge is 0.340 e. The molecule has 0 fully saturated rings. The van der Waals surface area contributed by atoms with Gasteiger partial charge < -0.3 is 19.5 Å². The van der Waals surface area contributed by atoms with E-state index in [0.717, 1.165) is 4.90 Å². The second-order valence-electron chi connectivity index (χ2n) is 7.63. The van der Waals surface area contributed by atoms with Crippen LogP contribution < -0.4 is 14.8 Å². The first kappa shape index (κ1) is 23.5. The van der Waals surface area contributed by atoms with Gasteiger partial charge in [0.15, 0.2) is 0 Å².